The Morgan fingerprint density at radius 2 is 2.24 bits per heavy atom. The van der Waals surface area contributed by atoms with E-state index in [-0.39, 0.29) is 6.10 Å². The highest BCUT2D eigenvalue weighted by Crippen LogP contribution is 2.04. The molecule has 0 aliphatic rings. The van der Waals surface area contributed by atoms with E-state index in [1.54, 1.807) is 0 Å². The van der Waals surface area contributed by atoms with Gasteiger partial charge in [0.15, 0.2) is 5.76 Å². The van der Waals surface area contributed by atoms with Crippen LogP contribution in [0.15, 0.2) is 10.6 Å². The molecular formula is C12H22N2O3. The second-order valence-electron chi connectivity index (χ2n) is 4.04. The molecule has 1 rings (SSSR count). The second-order valence-corrected chi connectivity index (χ2v) is 4.04. The third-order valence-corrected chi connectivity index (χ3v) is 2.09. The van der Waals surface area contributed by atoms with Gasteiger partial charge in [-0.1, -0.05) is 12.1 Å². The summed E-state index contributed by atoms with van der Waals surface area (Å²) < 4.78 is 15.9. The molecule has 1 aromatic rings. The van der Waals surface area contributed by atoms with Crippen molar-refractivity contribution in [3.8, 4) is 0 Å². The molecule has 17 heavy (non-hydrogen) atoms. The van der Waals surface area contributed by atoms with Crippen LogP contribution in [0.4, 0.5) is 0 Å². The molecule has 0 bridgehead atoms. The Hall–Kier alpha value is -0.910. The first-order valence-corrected chi connectivity index (χ1v) is 6.07. The van der Waals surface area contributed by atoms with Crippen LogP contribution in [0.1, 0.15) is 32.2 Å². The van der Waals surface area contributed by atoms with Crippen LogP contribution in [0, 0.1) is 0 Å². The Balaban J connectivity index is 2.12. The van der Waals surface area contributed by atoms with Gasteiger partial charge in [0.2, 0.25) is 0 Å². The summed E-state index contributed by atoms with van der Waals surface area (Å²) >= 11 is 0. The van der Waals surface area contributed by atoms with Crippen molar-refractivity contribution in [2.75, 3.05) is 19.8 Å². The lowest BCUT2D eigenvalue weighted by atomic mass is 10.3. The van der Waals surface area contributed by atoms with Crippen LogP contribution >= 0.6 is 0 Å². The predicted octanol–water partition coefficient (Wildman–Crippen LogP) is 1.73. The number of nitrogens with zero attached hydrogens (tertiary/aromatic N) is 1. The van der Waals surface area contributed by atoms with E-state index < -0.39 is 0 Å². The standard InChI is InChI=1S/C12H22N2O3/c1-4-13-8-11-7-12(17-14-11)9-15-5-6-16-10(2)3/h7,10,13H,4-6,8-9H2,1-3H3. The first-order valence-electron chi connectivity index (χ1n) is 6.07. The van der Waals surface area contributed by atoms with Crippen LogP contribution in [0.3, 0.4) is 0 Å². The summed E-state index contributed by atoms with van der Waals surface area (Å²) in [6, 6.07) is 1.91. The largest absolute Gasteiger partial charge is 0.376 e. The molecule has 0 saturated carbocycles. The molecule has 0 radical (unpaired) electrons. The maximum Gasteiger partial charge on any atom is 0.162 e. The molecule has 0 atom stereocenters. The maximum absolute atomic E-state index is 5.41. The smallest absolute Gasteiger partial charge is 0.162 e. The fraction of sp³-hybridized carbons (Fsp3) is 0.750. The zero-order valence-electron chi connectivity index (χ0n) is 10.9. The predicted molar refractivity (Wildman–Crippen MR) is 64.6 cm³/mol. The molecule has 0 aromatic carbocycles. The number of rotatable bonds is 9. The van der Waals surface area contributed by atoms with Crippen LogP contribution in [-0.4, -0.2) is 31.0 Å². The Morgan fingerprint density at radius 3 is 2.94 bits per heavy atom. The lowest BCUT2D eigenvalue weighted by molar-refractivity contribution is 0.00926. The molecule has 1 heterocycles. The Kier molecular flexibility index (Phi) is 6.84. The van der Waals surface area contributed by atoms with Crippen molar-refractivity contribution >= 4 is 0 Å². The van der Waals surface area contributed by atoms with E-state index in [1.165, 1.54) is 0 Å². The quantitative estimate of drug-likeness (QED) is 0.668. The summed E-state index contributed by atoms with van der Waals surface area (Å²) in [5.74, 6) is 0.752. The molecule has 0 spiro atoms. The van der Waals surface area contributed by atoms with Crippen LogP contribution in [0.2, 0.25) is 0 Å². The number of aromatic nitrogens is 1. The molecule has 0 unspecified atom stereocenters. The zero-order chi connectivity index (χ0) is 12.5. The van der Waals surface area contributed by atoms with Gasteiger partial charge in [-0.2, -0.15) is 0 Å². The van der Waals surface area contributed by atoms with Gasteiger partial charge in [0.25, 0.3) is 0 Å². The molecular weight excluding hydrogens is 220 g/mol. The average molecular weight is 242 g/mol. The Bertz CT molecular complexity index is 300. The molecule has 0 fully saturated rings. The zero-order valence-corrected chi connectivity index (χ0v) is 10.9. The monoisotopic (exact) mass is 242 g/mol. The molecule has 1 N–H and O–H groups in total. The Morgan fingerprint density at radius 1 is 1.41 bits per heavy atom. The van der Waals surface area contributed by atoms with Crippen LogP contribution in [-0.2, 0) is 22.6 Å². The first-order chi connectivity index (χ1) is 8.22. The number of hydrogen-bond acceptors (Lipinski definition) is 5. The highest BCUT2D eigenvalue weighted by atomic mass is 16.5. The summed E-state index contributed by atoms with van der Waals surface area (Å²) in [5, 5.41) is 7.12. The minimum absolute atomic E-state index is 0.246. The number of nitrogens with one attached hydrogen (secondary N) is 1. The van der Waals surface area contributed by atoms with E-state index >= 15 is 0 Å². The summed E-state index contributed by atoms with van der Waals surface area (Å²) in [6.45, 7) is 9.34. The third kappa shape index (κ3) is 6.41. The second kappa shape index (κ2) is 8.22. The average Bonchev–Trinajstić information content (AvgIpc) is 2.73. The first kappa shape index (κ1) is 14.2. The van der Waals surface area contributed by atoms with Gasteiger partial charge in [0.05, 0.1) is 25.0 Å². The normalized spacial score (nSPS) is 11.3. The minimum Gasteiger partial charge on any atom is -0.376 e. The van der Waals surface area contributed by atoms with E-state index in [4.69, 9.17) is 14.0 Å². The van der Waals surface area contributed by atoms with E-state index in [1.807, 2.05) is 19.9 Å². The van der Waals surface area contributed by atoms with Crippen molar-refractivity contribution in [1.82, 2.24) is 10.5 Å². The van der Waals surface area contributed by atoms with E-state index in [0.29, 0.717) is 19.8 Å². The highest BCUT2D eigenvalue weighted by Gasteiger charge is 2.03. The molecule has 5 nitrogen and oxygen atoms in total. The van der Waals surface area contributed by atoms with Crippen molar-refractivity contribution < 1.29 is 14.0 Å². The van der Waals surface area contributed by atoms with Crippen molar-refractivity contribution in [2.24, 2.45) is 0 Å². The SMILES string of the molecule is CCNCc1cc(COCCOC(C)C)on1. The van der Waals surface area contributed by atoms with Crippen LogP contribution in [0.25, 0.3) is 0 Å². The highest BCUT2D eigenvalue weighted by molar-refractivity contribution is 5.04. The van der Waals surface area contributed by atoms with E-state index in [9.17, 15) is 0 Å². The van der Waals surface area contributed by atoms with Gasteiger partial charge in [-0.3, -0.25) is 0 Å². The third-order valence-electron chi connectivity index (χ3n) is 2.09. The van der Waals surface area contributed by atoms with Gasteiger partial charge in [0.1, 0.15) is 6.61 Å². The summed E-state index contributed by atoms with van der Waals surface area (Å²) in [7, 11) is 0. The van der Waals surface area contributed by atoms with Gasteiger partial charge in [-0.25, -0.2) is 0 Å². The van der Waals surface area contributed by atoms with Gasteiger partial charge < -0.3 is 19.3 Å². The molecule has 0 saturated heterocycles. The summed E-state index contributed by atoms with van der Waals surface area (Å²) in [6.07, 6.45) is 0.246. The van der Waals surface area contributed by atoms with E-state index in [2.05, 4.69) is 17.4 Å². The van der Waals surface area contributed by atoms with Crippen molar-refractivity contribution in [1.29, 1.82) is 0 Å². The van der Waals surface area contributed by atoms with Gasteiger partial charge in [-0.05, 0) is 20.4 Å². The van der Waals surface area contributed by atoms with Gasteiger partial charge >= 0.3 is 0 Å². The minimum atomic E-state index is 0.246. The molecule has 1 aromatic heterocycles. The van der Waals surface area contributed by atoms with Crippen LogP contribution in [0.5, 0.6) is 0 Å². The summed E-state index contributed by atoms with van der Waals surface area (Å²) in [4.78, 5) is 0. The van der Waals surface area contributed by atoms with Crippen molar-refractivity contribution in [3.05, 3.63) is 17.5 Å². The lowest BCUT2D eigenvalue weighted by Crippen LogP contribution is -2.11. The van der Waals surface area contributed by atoms with E-state index in [0.717, 1.165) is 24.5 Å². The molecule has 98 valence electrons. The van der Waals surface area contributed by atoms with Crippen molar-refractivity contribution in [3.63, 3.8) is 0 Å². The topological polar surface area (TPSA) is 56.5 Å². The molecule has 0 amide bonds. The fourth-order valence-electron chi connectivity index (χ4n) is 1.28. The lowest BCUT2D eigenvalue weighted by Gasteiger charge is -2.06. The van der Waals surface area contributed by atoms with Crippen LogP contribution < -0.4 is 5.32 Å². The fourth-order valence-corrected chi connectivity index (χ4v) is 1.28. The number of hydrogen-bond donors (Lipinski definition) is 1. The maximum atomic E-state index is 5.41. The Labute approximate surface area is 102 Å². The number of ether oxygens (including phenoxy) is 2. The molecule has 0 aliphatic heterocycles. The molecule has 0 aliphatic carbocycles. The van der Waals surface area contributed by atoms with Gasteiger partial charge in [0, 0.05) is 12.6 Å². The molecule has 5 heteroatoms. The van der Waals surface area contributed by atoms with Crippen molar-refractivity contribution in [2.45, 2.75) is 40.0 Å². The summed E-state index contributed by atoms with van der Waals surface area (Å²) in [5.41, 5.74) is 0.906. The van der Waals surface area contributed by atoms with Gasteiger partial charge in [-0.15, -0.1) is 0 Å².